The monoisotopic (exact) mass is 725 g/mol. The number of rotatable bonds is 9. The Labute approximate surface area is 287 Å². The molecule has 1 amide bonds. The number of nitrogens with one attached hydrogen (secondary N) is 1. The number of carbonyl (C=O) groups is 1. The third-order valence-corrected chi connectivity index (χ3v) is 11.6. The zero-order valence-electron chi connectivity index (χ0n) is 27.7. The summed E-state index contributed by atoms with van der Waals surface area (Å²) in [6, 6.07) is 9.76. The van der Waals surface area contributed by atoms with Gasteiger partial charge in [0.1, 0.15) is 5.75 Å². The van der Waals surface area contributed by atoms with E-state index in [1.165, 1.54) is 69.7 Å². The summed E-state index contributed by atoms with van der Waals surface area (Å²) in [7, 11) is -4.80. The number of carbonyl (C=O) groups excluding carboxylic acids is 1. The first kappa shape index (κ1) is 37.6. The predicted octanol–water partition coefficient (Wildman–Crippen LogP) is 3.99. The number of nitrogens with zero attached hydrogens (tertiary/aromatic N) is 4. The van der Waals surface area contributed by atoms with Crippen molar-refractivity contribution in [1.82, 2.24) is 18.8 Å². The fourth-order valence-corrected chi connectivity index (χ4v) is 7.66. The first-order chi connectivity index (χ1) is 22.6. The van der Waals surface area contributed by atoms with Gasteiger partial charge >= 0.3 is 0 Å². The zero-order chi connectivity index (χ0) is 35.2. The second kappa shape index (κ2) is 16.0. The first-order valence-electron chi connectivity index (χ1n) is 15.7. The molecule has 1 aliphatic heterocycles. The lowest BCUT2D eigenvalue weighted by Crippen LogP contribution is -2.48. The molecule has 0 saturated carbocycles. The highest BCUT2D eigenvalue weighted by Crippen LogP contribution is 2.30. The van der Waals surface area contributed by atoms with Gasteiger partial charge in [0.15, 0.2) is 5.03 Å². The van der Waals surface area contributed by atoms with Crippen molar-refractivity contribution in [3.05, 3.63) is 65.6 Å². The molecule has 4 rings (SSSR count). The van der Waals surface area contributed by atoms with Gasteiger partial charge in [-0.2, -0.15) is 12.7 Å². The molecular formula is C32H44ClN5O8S2. The van der Waals surface area contributed by atoms with Crippen molar-refractivity contribution in [2.24, 2.45) is 13.0 Å². The summed E-state index contributed by atoms with van der Waals surface area (Å²) >= 11 is 5.97. The molecule has 1 aliphatic rings. The van der Waals surface area contributed by atoms with E-state index in [1.807, 2.05) is 13.8 Å². The maximum absolute atomic E-state index is 14.3. The summed E-state index contributed by atoms with van der Waals surface area (Å²) in [5.41, 5.74) is 0.234. The van der Waals surface area contributed by atoms with Crippen LogP contribution in [0.1, 0.15) is 50.4 Å². The van der Waals surface area contributed by atoms with Crippen LogP contribution < -0.4 is 9.46 Å². The van der Waals surface area contributed by atoms with Gasteiger partial charge in [0.2, 0.25) is 10.0 Å². The Bertz CT molecular complexity index is 1770. The Kier molecular flexibility index (Phi) is 12.5. The lowest BCUT2D eigenvalue weighted by molar-refractivity contribution is -0.00833. The average Bonchev–Trinajstić information content (AvgIpc) is 3.49. The Balaban J connectivity index is 1.67. The van der Waals surface area contributed by atoms with Crippen LogP contribution in [0.4, 0.5) is 5.69 Å². The fourth-order valence-electron chi connectivity index (χ4n) is 5.32. The second-order valence-corrected chi connectivity index (χ2v) is 16.3. The lowest BCUT2D eigenvalue weighted by atomic mass is 10.0. The van der Waals surface area contributed by atoms with E-state index in [0.29, 0.717) is 24.5 Å². The fraction of sp³-hybridized carbons (Fsp3) is 0.500. The Morgan fingerprint density at radius 3 is 2.48 bits per heavy atom. The van der Waals surface area contributed by atoms with Crippen molar-refractivity contribution in [3.63, 3.8) is 0 Å². The number of aryl methyl sites for hydroxylation is 1. The average molecular weight is 726 g/mol. The van der Waals surface area contributed by atoms with E-state index in [0.717, 1.165) is 6.42 Å². The SMILES string of the molecule is C[C@@H]1CCCCO[C@@H](CN(C)S(=O)(=O)c2ccc(Cl)cc2)[C@H](C)CN([C@H](C)CO)C(=O)c2cc(NS(=O)(=O)c3cn(C)cn3)ccc2O1. The van der Waals surface area contributed by atoms with Gasteiger partial charge in [-0.05, 0) is 75.6 Å². The molecule has 1 aromatic heterocycles. The van der Waals surface area contributed by atoms with Crippen LogP contribution in [0.15, 0.2) is 64.9 Å². The molecule has 48 heavy (non-hydrogen) atoms. The predicted molar refractivity (Wildman–Crippen MR) is 182 cm³/mol. The molecule has 0 bridgehead atoms. The number of aliphatic hydroxyl groups is 1. The van der Waals surface area contributed by atoms with Crippen LogP contribution in [0.5, 0.6) is 5.75 Å². The number of likely N-dealkylation sites (N-methyl/N-ethyl adjacent to an activating group) is 1. The minimum Gasteiger partial charge on any atom is -0.490 e. The minimum atomic E-state index is -4.06. The molecule has 0 radical (unpaired) electrons. The van der Waals surface area contributed by atoms with Crippen LogP contribution >= 0.6 is 11.6 Å². The van der Waals surface area contributed by atoms with E-state index in [2.05, 4.69) is 9.71 Å². The van der Waals surface area contributed by atoms with E-state index in [-0.39, 0.29) is 58.6 Å². The number of ether oxygens (including phenoxy) is 2. The molecule has 0 spiro atoms. The van der Waals surface area contributed by atoms with Gasteiger partial charge in [0, 0.05) is 56.6 Å². The van der Waals surface area contributed by atoms with Crippen molar-refractivity contribution >= 4 is 43.2 Å². The normalized spacial score (nSPS) is 20.9. The highest BCUT2D eigenvalue weighted by Gasteiger charge is 2.32. The molecule has 264 valence electrons. The van der Waals surface area contributed by atoms with Crippen molar-refractivity contribution in [2.45, 2.75) is 68.2 Å². The molecular weight excluding hydrogens is 682 g/mol. The molecule has 3 aromatic rings. The van der Waals surface area contributed by atoms with E-state index in [9.17, 15) is 26.7 Å². The molecule has 2 N–H and O–H groups in total. The van der Waals surface area contributed by atoms with E-state index in [1.54, 1.807) is 20.0 Å². The molecule has 0 unspecified atom stereocenters. The molecule has 0 saturated heterocycles. The zero-order valence-corrected chi connectivity index (χ0v) is 30.1. The molecule has 0 aliphatic carbocycles. The number of benzene rings is 2. The van der Waals surface area contributed by atoms with Gasteiger partial charge in [0.05, 0.1) is 41.6 Å². The topological polar surface area (TPSA) is 160 Å². The van der Waals surface area contributed by atoms with Gasteiger partial charge in [-0.3, -0.25) is 9.52 Å². The van der Waals surface area contributed by atoms with E-state index >= 15 is 0 Å². The second-order valence-electron chi connectivity index (χ2n) is 12.2. The van der Waals surface area contributed by atoms with Gasteiger partial charge in [0.25, 0.3) is 15.9 Å². The largest absolute Gasteiger partial charge is 0.490 e. The van der Waals surface area contributed by atoms with Gasteiger partial charge in [-0.25, -0.2) is 13.4 Å². The van der Waals surface area contributed by atoms with Gasteiger partial charge < -0.3 is 24.0 Å². The van der Waals surface area contributed by atoms with Crippen LogP contribution in [-0.2, 0) is 31.8 Å². The number of imidazole rings is 1. The van der Waals surface area contributed by atoms with Gasteiger partial charge in [-0.1, -0.05) is 18.5 Å². The lowest BCUT2D eigenvalue weighted by Gasteiger charge is -2.35. The van der Waals surface area contributed by atoms with Crippen LogP contribution in [0.25, 0.3) is 0 Å². The standard InChI is InChI=1S/C32H44ClN5O8S2/c1-22-17-38(23(2)20-39)32(40)28-16-26(35-47(41,42)31-19-36(4)21-34-31)11-14-29(28)46-24(3)8-6-7-15-45-30(22)18-37(5)48(43,44)27-12-9-25(33)10-13-27/h9-14,16,19,21-24,30,35,39H,6-8,15,17-18,20H2,1-5H3/t22-,23-,24-,30+/m1/s1. The first-order valence-corrected chi connectivity index (χ1v) is 19.0. The number of sulfonamides is 2. The van der Waals surface area contributed by atoms with Crippen molar-refractivity contribution < 1.29 is 36.2 Å². The summed E-state index contributed by atoms with van der Waals surface area (Å²) in [6.45, 7) is 5.56. The third kappa shape index (κ3) is 9.27. The molecule has 13 nitrogen and oxygen atoms in total. The summed E-state index contributed by atoms with van der Waals surface area (Å²) in [5, 5.41) is 10.4. The van der Waals surface area contributed by atoms with Gasteiger partial charge in [-0.15, -0.1) is 0 Å². The van der Waals surface area contributed by atoms with E-state index in [4.69, 9.17) is 21.1 Å². The van der Waals surface area contributed by atoms with Crippen molar-refractivity contribution in [1.29, 1.82) is 0 Å². The number of aliphatic hydroxyl groups excluding tert-OH is 1. The molecule has 2 heterocycles. The highest BCUT2D eigenvalue weighted by molar-refractivity contribution is 7.92. The summed E-state index contributed by atoms with van der Waals surface area (Å²) in [6.07, 6.45) is 3.93. The molecule has 2 aromatic carbocycles. The van der Waals surface area contributed by atoms with Crippen LogP contribution in [-0.4, -0.2) is 98.2 Å². The number of hydrogen-bond donors (Lipinski definition) is 2. The third-order valence-electron chi connectivity index (χ3n) is 8.22. The summed E-state index contributed by atoms with van der Waals surface area (Å²) in [5.74, 6) is -0.611. The number of amides is 1. The minimum absolute atomic E-state index is 0.0111. The van der Waals surface area contributed by atoms with Crippen molar-refractivity contribution in [2.75, 3.05) is 38.1 Å². The smallest absolute Gasteiger partial charge is 0.280 e. The maximum atomic E-state index is 14.3. The maximum Gasteiger partial charge on any atom is 0.280 e. The Morgan fingerprint density at radius 1 is 1.12 bits per heavy atom. The number of fused-ring (bicyclic) bond motifs is 1. The number of aromatic nitrogens is 2. The summed E-state index contributed by atoms with van der Waals surface area (Å²) < 4.78 is 70.6. The number of halogens is 1. The van der Waals surface area contributed by atoms with E-state index < -0.39 is 38.1 Å². The highest BCUT2D eigenvalue weighted by atomic mass is 35.5. The number of anilines is 1. The molecule has 4 atom stereocenters. The van der Waals surface area contributed by atoms with Crippen LogP contribution in [0, 0.1) is 5.92 Å². The number of hydrogen-bond acceptors (Lipinski definition) is 9. The van der Waals surface area contributed by atoms with Crippen molar-refractivity contribution in [3.8, 4) is 5.75 Å². The molecule has 16 heteroatoms. The van der Waals surface area contributed by atoms with Crippen LogP contribution in [0.2, 0.25) is 5.02 Å². The summed E-state index contributed by atoms with van der Waals surface area (Å²) in [4.78, 5) is 19.8. The Morgan fingerprint density at radius 2 is 1.83 bits per heavy atom. The quantitative estimate of drug-likeness (QED) is 0.333. The Hall–Kier alpha value is -3.21. The molecule has 0 fully saturated rings. The van der Waals surface area contributed by atoms with Crippen LogP contribution in [0.3, 0.4) is 0 Å².